The van der Waals surface area contributed by atoms with Gasteiger partial charge in [0.15, 0.2) is 0 Å². The van der Waals surface area contributed by atoms with Crippen LogP contribution in [0.3, 0.4) is 0 Å². The van der Waals surface area contributed by atoms with Crippen molar-refractivity contribution >= 4 is 5.97 Å². The molecule has 98 valence electrons. The van der Waals surface area contributed by atoms with E-state index >= 15 is 0 Å². The first-order valence-corrected chi connectivity index (χ1v) is 6.26. The predicted octanol–water partition coefficient (Wildman–Crippen LogP) is 2.30. The van der Waals surface area contributed by atoms with E-state index in [2.05, 4.69) is 0 Å². The Morgan fingerprint density at radius 1 is 0.947 bits per heavy atom. The Balaban J connectivity index is 1.83. The highest BCUT2D eigenvalue weighted by Gasteiger charge is 2.15. The third-order valence-corrected chi connectivity index (χ3v) is 2.83. The smallest absolute Gasteiger partial charge is 0.323 e. The Labute approximate surface area is 113 Å². The highest BCUT2D eigenvalue weighted by Crippen LogP contribution is 2.05. The molecule has 0 aromatic heterocycles. The lowest BCUT2D eigenvalue weighted by Gasteiger charge is -2.11. The zero-order chi connectivity index (χ0) is 13.5. The number of hydrogen-bond acceptors (Lipinski definition) is 3. The average Bonchev–Trinajstić information content (AvgIpc) is 2.47. The van der Waals surface area contributed by atoms with Crippen LogP contribution < -0.4 is 5.73 Å². The molecule has 1 atom stereocenters. The zero-order valence-corrected chi connectivity index (χ0v) is 10.7. The van der Waals surface area contributed by atoms with Gasteiger partial charge in [-0.2, -0.15) is 0 Å². The van der Waals surface area contributed by atoms with Crippen molar-refractivity contribution in [3.63, 3.8) is 0 Å². The molecule has 0 radical (unpaired) electrons. The van der Waals surface area contributed by atoms with Crippen molar-refractivity contribution in [2.75, 3.05) is 0 Å². The fourth-order valence-electron chi connectivity index (χ4n) is 1.79. The minimum Gasteiger partial charge on any atom is -0.460 e. The molecule has 3 nitrogen and oxygen atoms in total. The molecular weight excluding hydrogens is 238 g/mol. The van der Waals surface area contributed by atoms with Crippen LogP contribution in [0.25, 0.3) is 0 Å². The van der Waals surface area contributed by atoms with Gasteiger partial charge in [-0.3, -0.25) is 4.79 Å². The first-order valence-electron chi connectivity index (χ1n) is 6.26. The number of benzene rings is 2. The summed E-state index contributed by atoms with van der Waals surface area (Å²) in [5.74, 6) is -0.368. The zero-order valence-electron chi connectivity index (χ0n) is 10.7. The summed E-state index contributed by atoms with van der Waals surface area (Å²) in [4.78, 5) is 11.8. The number of ether oxygens (including phenoxy) is 1. The number of nitrogens with two attached hydrogens (primary N) is 1. The quantitative estimate of drug-likeness (QED) is 0.834. The second kappa shape index (κ2) is 6.71. The molecule has 2 aromatic carbocycles. The van der Waals surface area contributed by atoms with Gasteiger partial charge in [0.1, 0.15) is 12.6 Å². The molecule has 0 aliphatic rings. The fraction of sp³-hybridized carbons (Fsp3) is 0.188. The lowest BCUT2D eigenvalue weighted by Crippen LogP contribution is -2.34. The van der Waals surface area contributed by atoms with E-state index in [-0.39, 0.29) is 12.6 Å². The molecule has 0 fully saturated rings. The second-order valence-corrected chi connectivity index (χ2v) is 4.39. The molecule has 2 aromatic rings. The Morgan fingerprint density at radius 2 is 1.47 bits per heavy atom. The summed E-state index contributed by atoms with van der Waals surface area (Å²) in [6.07, 6.45) is 0.495. The molecule has 0 spiro atoms. The first-order chi connectivity index (χ1) is 9.25. The van der Waals surface area contributed by atoms with Crippen LogP contribution >= 0.6 is 0 Å². The Hall–Kier alpha value is -2.13. The normalized spacial score (nSPS) is 11.8. The lowest BCUT2D eigenvalue weighted by molar-refractivity contribution is -0.146. The molecule has 0 unspecified atom stereocenters. The summed E-state index contributed by atoms with van der Waals surface area (Å²) in [6, 6.07) is 18.6. The monoisotopic (exact) mass is 255 g/mol. The number of carbonyl (C=O) groups excluding carboxylic acids is 1. The van der Waals surface area contributed by atoms with Gasteiger partial charge in [-0.1, -0.05) is 60.7 Å². The molecule has 0 heterocycles. The largest absolute Gasteiger partial charge is 0.460 e. The molecule has 0 aliphatic carbocycles. The van der Waals surface area contributed by atoms with Crippen LogP contribution in [-0.2, 0) is 22.6 Å². The third kappa shape index (κ3) is 4.23. The van der Waals surface area contributed by atoms with Crippen LogP contribution in [0, 0.1) is 0 Å². The number of carbonyl (C=O) groups is 1. The fourth-order valence-corrected chi connectivity index (χ4v) is 1.79. The van der Waals surface area contributed by atoms with Crippen molar-refractivity contribution in [2.24, 2.45) is 5.73 Å². The molecular formula is C16H17NO2. The van der Waals surface area contributed by atoms with Gasteiger partial charge in [0.2, 0.25) is 0 Å². The molecule has 0 aliphatic heterocycles. The molecule has 0 saturated carbocycles. The topological polar surface area (TPSA) is 52.3 Å². The second-order valence-electron chi connectivity index (χ2n) is 4.39. The third-order valence-electron chi connectivity index (χ3n) is 2.83. The number of rotatable bonds is 5. The van der Waals surface area contributed by atoms with Gasteiger partial charge in [-0.15, -0.1) is 0 Å². The van der Waals surface area contributed by atoms with Crippen LogP contribution in [0.5, 0.6) is 0 Å². The minimum absolute atomic E-state index is 0.266. The maximum atomic E-state index is 11.8. The molecule has 2 N–H and O–H groups in total. The average molecular weight is 255 g/mol. The molecule has 3 heteroatoms. The summed E-state index contributed by atoms with van der Waals surface area (Å²) in [6.45, 7) is 0.266. The maximum Gasteiger partial charge on any atom is 0.323 e. The van der Waals surface area contributed by atoms with Gasteiger partial charge >= 0.3 is 5.97 Å². The first kappa shape index (κ1) is 13.3. The van der Waals surface area contributed by atoms with Gasteiger partial charge < -0.3 is 10.5 Å². The summed E-state index contributed by atoms with van der Waals surface area (Å²) in [5.41, 5.74) is 7.83. The highest BCUT2D eigenvalue weighted by molar-refractivity contribution is 5.75. The van der Waals surface area contributed by atoms with E-state index in [9.17, 15) is 4.79 Å². The van der Waals surface area contributed by atoms with Crippen molar-refractivity contribution in [3.8, 4) is 0 Å². The summed E-state index contributed by atoms with van der Waals surface area (Å²) >= 11 is 0. The molecule has 0 amide bonds. The van der Waals surface area contributed by atoms with Gasteiger partial charge in [0.25, 0.3) is 0 Å². The Morgan fingerprint density at radius 3 is 2.05 bits per heavy atom. The van der Waals surface area contributed by atoms with Gasteiger partial charge in [0.05, 0.1) is 0 Å². The van der Waals surface area contributed by atoms with Gasteiger partial charge in [0, 0.05) is 0 Å². The Bertz CT molecular complexity index is 511. The predicted molar refractivity (Wildman–Crippen MR) is 74.4 cm³/mol. The van der Waals surface area contributed by atoms with Crippen molar-refractivity contribution < 1.29 is 9.53 Å². The van der Waals surface area contributed by atoms with E-state index in [4.69, 9.17) is 10.5 Å². The van der Waals surface area contributed by atoms with Gasteiger partial charge in [-0.05, 0) is 17.5 Å². The van der Waals surface area contributed by atoms with Crippen molar-refractivity contribution in [1.82, 2.24) is 0 Å². The van der Waals surface area contributed by atoms with Crippen molar-refractivity contribution in [1.29, 1.82) is 0 Å². The van der Waals surface area contributed by atoms with E-state index in [0.29, 0.717) is 6.42 Å². The van der Waals surface area contributed by atoms with Crippen LogP contribution in [0.1, 0.15) is 11.1 Å². The molecule has 2 rings (SSSR count). The summed E-state index contributed by atoms with van der Waals surface area (Å²) in [5, 5.41) is 0. The van der Waals surface area contributed by atoms with E-state index < -0.39 is 6.04 Å². The van der Waals surface area contributed by atoms with Crippen LogP contribution in [-0.4, -0.2) is 12.0 Å². The SMILES string of the molecule is N[C@H](Cc1ccccc1)C(=O)OCc1ccccc1. The highest BCUT2D eigenvalue weighted by atomic mass is 16.5. The van der Waals surface area contributed by atoms with Gasteiger partial charge in [-0.25, -0.2) is 0 Å². The molecule has 0 saturated heterocycles. The lowest BCUT2D eigenvalue weighted by atomic mass is 10.1. The minimum atomic E-state index is -0.619. The summed E-state index contributed by atoms with van der Waals surface area (Å²) < 4.78 is 5.20. The Kier molecular flexibility index (Phi) is 4.70. The molecule has 0 bridgehead atoms. The van der Waals surface area contributed by atoms with Crippen LogP contribution in [0.2, 0.25) is 0 Å². The van der Waals surface area contributed by atoms with Crippen molar-refractivity contribution in [3.05, 3.63) is 71.8 Å². The summed E-state index contributed by atoms with van der Waals surface area (Å²) in [7, 11) is 0. The van der Waals surface area contributed by atoms with E-state index in [0.717, 1.165) is 11.1 Å². The standard InChI is InChI=1S/C16H17NO2/c17-15(11-13-7-3-1-4-8-13)16(18)19-12-14-9-5-2-6-10-14/h1-10,15H,11-12,17H2/t15-/m1/s1. The van der Waals surface area contributed by atoms with Crippen LogP contribution in [0.4, 0.5) is 0 Å². The van der Waals surface area contributed by atoms with Crippen LogP contribution in [0.15, 0.2) is 60.7 Å². The van der Waals surface area contributed by atoms with E-state index in [1.54, 1.807) is 0 Å². The number of esters is 1. The van der Waals surface area contributed by atoms with E-state index in [1.165, 1.54) is 0 Å². The van der Waals surface area contributed by atoms with Crippen molar-refractivity contribution in [2.45, 2.75) is 19.1 Å². The maximum absolute atomic E-state index is 11.8. The molecule has 19 heavy (non-hydrogen) atoms. The van der Waals surface area contributed by atoms with E-state index in [1.807, 2.05) is 60.7 Å². The number of hydrogen-bond donors (Lipinski definition) is 1.